The smallest absolute Gasteiger partial charge is 0.0590 e. The van der Waals surface area contributed by atoms with E-state index in [1.807, 2.05) is 0 Å². The minimum absolute atomic E-state index is 0. The standard InChI is InChI=1S/C5H13NOS.ClH/c1-2-8-4-5(6)3-7;/h5,7H,2-4,6H2,1H3;1H/t5-;/m0./s1. The van der Waals surface area contributed by atoms with Gasteiger partial charge in [0.05, 0.1) is 6.61 Å². The molecule has 0 aliphatic carbocycles. The topological polar surface area (TPSA) is 46.2 Å². The number of hydrogen-bond donors (Lipinski definition) is 2. The van der Waals surface area contributed by atoms with Crippen molar-refractivity contribution >= 4 is 24.2 Å². The van der Waals surface area contributed by atoms with Crippen molar-refractivity contribution in [3.8, 4) is 0 Å². The summed E-state index contributed by atoms with van der Waals surface area (Å²) >= 11 is 1.76. The van der Waals surface area contributed by atoms with E-state index in [-0.39, 0.29) is 25.1 Å². The molecule has 0 radical (unpaired) electrons. The molecule has 0 aromatic heterocycles. The van der Waals surface area contributed by atoms with Crippen LogP contribution in [0.1, 0.15) is 6.92 Å². The largest absolute Gasteiger partial charge is 0.395 e. The van der Waals surface area contributed by atoms with Gasteiger partial charge in [0.1, 0.15) is 0 Å². The molecule has 58 valence electrons. The lowest BCUT2D eigenvalue weighted by Crippen LogP contribution is -2.26. The van der Waals surface area contributed by atoms with Crippen LogP contribution in [0.2, 0.25) is 0 Å². The van der Waals surface area contributed by atoms with Crippen molar-refractivity contribution in [1.29, 1.82) is 0 Å². The number of halogens is 1. The van der Waals surface area contributed by atoms with Crippen LogP contribution in [0.3, 0.4) is 0 Å². The van der Waals surface area contributed by atoms with Crippen LogP contribution in [-0.2, 0) is 0 Å². The Kier molecular flexibility index (Phi) is 11.7. The second kappa shape index (κ2) is 8.56. The van der Waals surface area contributed by atoms with Gasteiger partial charge in [-0.15, -0.1) is 12.4 Å². The van der Waals surface area contributed by atoms with Crippen molar-refractivity contribution in [2.24, 2.45) is 5.73 Å². The Labute approximate surface area is 66.6 Å². The molecule has 0 rings (SSSR count). The molecule has 1 atom stereocenters. The van der Waals surface area contributed by atoms with Crippen molar-refractivity contribution in [2.45, 2.75) is 13.0 Å². The van der Waals surface area contributed by atoms with E-state index < -0.39 is 0 Å². The van der Waals surface area contributed by atoms with Crippen molar-refractivity contribution in [1.82, 2.24) is 0 Å². The molecule has 0 unspecified atom stereocenters. The van der Waals surface area contributed by atoms with Crippen LogP contribution in [0.4, 0.5) is 0 Å². The molecule has 2 nitrogen and oxygen atoms in total. The number of aliphatic hydroxyl groups is 1. The number of thioether (sulfide) groups is 1. The monoisotopic (exact) mass is 171 g/mol. The lowest BCUT2D eigenvalue weighted by molar-refractivity contribution is 0.275. The molecule has 0 saturated heterocycles. The molecule has 4 heteroatoms. The average molecular weight is 172 g/mol. The number of aliphatic hydroxyl groups excluding tert-OH is 1. The highest BCUT2D eigenvalue weighted by Crippen LogP contribution is 1.98. The first-order chi connectivity index (χ1) is 3.81. The predicted octanol–water partition coefficient (Wildman–Crippen LogP) is 0.481. The second-order valence-corrected chi connectivity index (χ2v) is 2.92. The molecule has 0 bridgehead atoms. The van der Waals surface area contributed by atoms with Gasteiger partial charge in [-0.05, 0) is 5.75 Å². The SMILES string of the molecule is CCSC[C@@H](N)CO.Cl. The van der Waals surface area contributed by atoms with E-state index in [1.54, 1.807) is 11.8 Å². The molecule has 0 aromatic carbocycles. The van der Waals surface area contributed by atoms with Crippen molar-refractivity contribution < 1.29 is 5.11 Å². The lowest BCUT2D eigenvalue weighted by Gasteiger charge is -2.04. The van der Waals surface area contributed by atoms with Crippen LogP contribution in [0, 0.1) is 0 Å². The Morgan fingerprint density at radius 1 is 1.67 bits per heavy atom. The normalized spacial score (nSPS) is 12.3. The van der Waals surface area contributed by atoms with Gasteiger partial charge >= 0.3 is 0 Å². The summed E-state index contributed by atoms with van der Waals surface area (Å²) in [4.78, 5) is 0. The van der Waals surface area contributed by atoms with Gasteiger partial charge in [0.15, 0.2) is 0 Å². The Bertz CT molecular complexity index is 56.2. The summed E-state index contributed by atoms with van der Waals surface area (Å²) in [6.07, 6.45) is 0. The molecule has 0 spiro atoms. The molecule has 0 heterocycles. The summed E-state index contributed by atoms with van der Waals surface area (Å²) in [6.45, 7) is 2.18. The molecule has 0 saturated carbocycles. The third-order valence-electron chi connectivity index (χ3n) is 0.771. The van der Waals surface area contributed by atoms with Gasteiger partial charge in [-0.25, -0.2) is 0 Å². The van der Waals surface area contributed by atoms with Crippen LogP contribution in [0.25, 0.3) is 0 Å². The van der Waals surface area contributed by atoms with Gasteiger partial charge < -0.3 is 10.8 Å². The second-order valence-electron chi connectivity index (χ2n) is 1.60. The molecule has 3 N–H and O–H groups in total. The van der Waals surface area contributed by atoms with Gasteiger partial charge in [-0.1, -0.05) is 6.92 Å². The molecule has 0 aliphatic heterocycles. The highest BCUT2D eigenvalue weighted by molar-refractivity contribution is 7.99. The van der Waals surface area contributed by atoms with Crippen LogP contribution >= 0.6 is 24.2 Å². The lowest BCUT2D eigenvalue weighted by atomic mass is 10.4. The summed E-state index contributed by atoms with van der Waals surface area (Å²) in [5.41, 5.74) is 5.39. The molecular weight excluding hydrogens is 158 g/mol. The molecule has 0 aliphatic rings. The third kappa shape index (κ3) is 8.56. The summed E-state index contributed by atoms with van der Waals surface area (Å²) in [5.74, 6) is 1.95. The van der Waals surface area contributed by atoms with Gasteiger partial charge in [0, 0.05) is 11.8 Å². The number of hydrogen-bond acceptors (Lipinski definition) is 3. The van der Waals surface area contributed by atoms with Crippen LogP contribution in [0.5, 0.6) is 0 Å². The first kappa shape index (κ1) is 12.3. The van der Waals surface area contributed by atoms with E-state index in [0.717, 1.165) is 11.5 Å². The zero-order valence-electron chi connectivity index (χ0n) is 5.54. The van der Waals surface area contributed by atoms with E-state index in [9.17, 15) is 0 Å². The average Bonchev–Trinajstić information content (AvgIpc) is 1.83. The first-order valence-corrected chi connectivity index (χ1v) is 3.91. The summed E-state index contributed by atoms with van der Waals surface area (Å²) in [7, 11) is 0. The van der Waals surface area contributed by atoms with Crippen molar-refractivity contribution in [2.75, 3.05) is 18.1 Å². The van der Waals surface area contributed by atoms with Crippen LogP contribution < -0.4 is 5.73 Å². The van der Waals surface area contributed by atoms with Crippen molar-refractivity contribution in [3.05, 3.63) is 0 Å². The highest BCUT2D eigenvalue weighted by Gasteiger charge is 1.96. The minimum atomic E-state index is -0.0278. The summed E-state index contributed by atoms with van der Waals surface area (Å²) < 4.78 is 0. The van der Waals surface area contributed by atoms with E-state index in [0.29, 0.717) is 0 Å². The van der Waals surface area contributed by atoms with E-state index in [4.69, 9.17) is 10.8 Å². The molecule has 9 heavy (non-hydrogen) atoms. The zero-order valence-corrected chi connectivity index (χ0v) is 7.17. The van der Waals surface area contributed by atoms with E-state index >= 15 is 0 Å². The van der Waals surface area contributed by atoms with E-state index in [1.165, 1.54) is 0 Å². The Balaban J connectivity index is 0. The maximum Gasteiger partial charge on any atom is 0.0590 e. The molecule has 0 amide bonds. The Hall–Kier alpha value is 0.560. The fourth-order valence-corrected chi connectivity index (χ4v) is 0.966. The van der Waals surface area contributed by atoms with Gasteiger partial charge in [0.2, 0.25) is 0 Å². The Morgan fingerprint density at radius 3 is 2.56 bits per heavy atom. The van der Waals surface area contributed by atoms with Gasteiger partial charge in [-0.2, -0.15) is 11.8 Å². The number of rotatable bonds is 4. The Morgan fingerprint density at radius 2 is 2.22 bits per heavy atom. The zero-order chi connectivity index (χ0) is 6.41. The predicted molar refractivity (Wildman–Crippen MR) is 45.3 cm³/mol. The fourth-order valence-electron chi connectivity index (χ4n) is 0.322. The molecule has 0 fully saturated rings. The van der Waals surface area contributed by atoms with Gasteiger partial charge in [-0.3, -0.25) is 0 Å². The first-order valence-electron chi connectivity index (χ1n) is 2.75. The minimum Gasteiger partial charge on any atom is -0.395 e. The third-order valence-corrected chi connectivity index (χ3v) is 1.84. The van der Waals surface area contributed by atoms with E-state index in [2.05, 4.69) is 6.92 Å². The van der Waals surface area contributed by atoms with Crippen LogP contribution in [0.15, 0.2) is 0 Å². The maximum atomic E-state index is 8.42. The maximum absolute atomic E-state index is 8.42. The highest BCUT2D eigenvalue weighted by atomic mass is 35.5. The molecule has 0 aromatic rings. The van der Waals surface area contributed by atoms with Crippen LogP contribution in [-0.4, -0.2) is 29.3 Å². The summed E-state index contributed by atoms with van der Waals surface area (Å²) in [5, 5.41) is 8.42. The fraction of sp³-hybridized carbons (Fsp3) is 1.00. The van der Waals surface area contributed by atoms with Crippen molar-refractivity contribution in [3.63, 3.8) is 0 Å². The molecular formula is C5H14ClNOS. The van der Waals surface area contributed by atoms with Gasteiger partial charge in [0.25, 0.3) is 0 Å². The summed E-state index contributed by atoms with van der Waals surface area (Å²) in [6, 6.07) is -0.0278. The quantitative estimate of drug-likeness (QED) is 0.647. The number of nitrogens with two attached hydrogens (primary N) is 1.